The van der Waals surface area contributed by atoms with Crippen molar-refractivity contribution in [2.75, 3.05) is 13.1 Å². The summed E-state index contributed by atoms with van der Waals surface area (Å²) < 4.78 is 26.7. The summed E-state index contributed by atoms with van der Waals surface area (Å²) in [5.41, 5.74) is 1.58. The molecule has 5 nitrogen and oxygen atoms in total. The topological polar surface area (TPSA) is 66.5 Å². The number of carbonyl (C=O) groups is 1. The average Bonchev–Trinajstić information content (AvgIpc) is 2.68. The third-order valence-corrected chi connectivity index (χ3v) is 6.57. The zero-order chi connectivity index (χ0) is 19.9. The monoisotopic (exact) mass is 388 g/mol. The Morgan fingerprint density at radius 3 is 2.33 bits per heavy atom. The number of amides is 1. The van der Waals surface area contributed by atoms with Crippen LogP contribution in [0.15, 0.2) is 59.5 Å². The molecule has 2 aromatic carbocycles. The van der Waals surface area contributed by atoms with Crippen LogP contribution in [0.5, 0.6) is 0 Å². The lowest BCUT2D eigenvalue weighted by molar-refractivity contribution is 0.0938. The molecule has 6 heteroatoms. The highest BCUT2D eigenvalue weighted by Crippen LogP contribution is 2.17. The van der Waals surface area contributed by atoms with Crippen molar-refractivity contribution in [3.8, 4) is 0 Å². The number of benzene rings is 2. The first kappa shape index (κ1) is 21.1. The molecule has 0 bridgehead atoms. The van der Waals surface area contributed by atoms with Crippen molar-refractivity contribution in [3.63, 3.8) is 0 Å². The average molecular weight is 389 g/mol. The van der Waals surface area contributed by atoms with Gasteiger partial charge in [0.1, 0.15) is 0 Å². The minimum Gasteiger partial charge on any atom is -0.350 e. The quantitative estimate of drug-likeness (QED) is 0.715. The van der Waals surface area contributed by atoms with E-state index in [1.165, 1.54) is 22.0 Å². The molecule has 1 atom stereocenters. The van der Waals surface area contributed by atoms with Crippen molar-refractivity contribution in [2.45, 2.75) is 44.6 Å². The van der Waals surface area contributed by atoms with Gasteiger partial charge in [-0.2, -0.15) is 4.31 Å². The van der Waals surface area contributed by atoms with Crippen molar-refractivity contribution in [2.24, 2.45) is 0 Å². The van der Waals surface area contributed by atoms with Crippen LogP contribution in [-0.2, 0) is 16.4 Å². The standard InChI is InChI=1S/C21H28N2O3S/c1-4-23(5-2)27(25,26)20-13-9-12-19(16-20)21(24)22-17(3)14-15-18-10-7-6-8-11-18/h6-13,16-17H,4-5,14-15H2,1-3H3,(H,22,24)/t17-/m0/s1. The molecule has 0 aliphatic carbocycles. The Labute approximate surface area is 162 Å². The highest BCUT2D eigenvalue weighted by atomic mass is 32.2. The Hall–Kier alpha value is -2.18. The lowest BCUT2D eigenvalue weighted by Crippen LogP contribution is -2.33. The van der Waals surface area contributed by atoms with E-state index in [0.717, 1.165) is 12.8 Å². The van der Waals surface area contributed by atoms with E-state index in [4.69, 9.17) is 0 Å². The first-order valence-corrected chi connectivity index (χ1v) is 10.8. The molecule has 0 unspecified atom stereocenters. The van der Waals surface area contributed by atoms with Gasteiger partial charge in [0.05, 0.1) is 4.90 Å². The minimum absolute atomic E-state index is 0.0132. The van der Waals surface area contributed by atoms with Crippen LogP contribution >= 0.6 is 0 Å². The van der Waals surface area contributed by atoms with Crippen molar-refractivity contribution in [1.82, 2.24) is 9.62 Å². The summed E-state index contributed by atoms with van der Waals surface area (Å²) in [6.07, 6.45) is 1.69. The van der Waals surface area contributed by atoms with Gasteiger partial charge < -0.3 is 5.32 Å². The van der Waals surface area contributed by atoms with Crippen LogP contribution in [0.25, 0.3) is 0 Å². The van der Waals surface area contributed by atoms with Crippen LogP contribution in [0.2, 0.25) is 0 Å². The van der Waals surface area contributed by atoms with Gasteiger partial charge in [0.2, 0.25) is 10.0 Å². The van der Waals surface area contributed by atoms with E-state index in [2.05, 4.69) is 17.4 Å². The van der Waals surface area contributed by atoms with Crippen LogP contribution in [0.4, 0.5) is 0 Å². The van der Waals surface area contributed by atoms with Gasteiger partial charge in [0.25, 0.3) is 5.91 Å². The summed E-state index contributed by atoms with van der Waals surface area (Å²) in [7, 11) is -3.58. The van der Waals surface area contributed by atoms with Crippen molar-refractivity contribution in [1.29, 1.82) is 0 Å². The molecule has 2 rings (SSSR count). The van der Waals surface area contributed by atoms with Crippen LogP contribution in [0.3, 0.4) is 0 Å². The fourth-order valence-corrected chi connectivity index (χ4v) is 4.42. The van der Waals surface area contributed by atoms with Crippen LogP contribution in [0.1, 0.15) is 43.1 Å². The molecule has 0 heterocycles. The normalized spacial score (nSPS) is 12.7. The van der Waals surface area contributed by atoms with Gasteiger partial charge in [-0.1, -0.05) is 50.2 Å². The van der Waals surface area contributed by atoms with Gasteiger partial charge in [-0.25, -0.2) is 8.42 Å². The Morgan fingerprint density at radius 2 is 1.70 bits per heavy atom. The fourth-order valence-electron chi connectivity index (χ4n) is 2.92. The van der Waals surface area contributed by atoms with E-state index >= 15 is 0 Å². The molecule has 0 radical (unpaired) electrons. The number of nitrogens with zero attached hydrogens (tertiary/aromatic N) is 1. The second-order valence-corrected chi connectivity index (χ2v) is 8.45. The van der Waals surface area contributed by atoms with Gasteiger partial charge in [0, 0.05) is 24.7 Å². The van der Waals surface area contributed by atoms with Gasteiger partial charge in [-0.15, -0.1) is 0 Å². The molecule has 0 aromatic heterocycles. The second kappa shape index (κ2) is 9.67. The molecule has 0 aliphatic rings. The summed E-state index contributed by atoms with van der Waals surface area (Å²) in [6, 6.07) is 16.3. The zero-order valence-electron chi connectivity index (χ0n) is 16.2. The summed E-state index contributed by atoms with van der Waals surface area (Å²) in [6.45, 7) is 6.34. The summed E-state index contributed by atoms with van der Waals surface area (Å²) >= 11 is 0. The number of carbonyl (C=O) groups excluding carboxylic acids is 1. The number of hydrogen-bond donors (Lipinski definition) is 1. The van der Waals surface area contributed by atoms with Crippen molar-refractivity contribution >= 4 is 15.9 Å². The third kappa shape index (κ3) is 5.65. The van der Waals surface area contributed by atoms with E-state index in [1.807, 2.05) is 25.1 Å². The maximum absolute atomic E-state index is 12.6. The molecule has 1 amide bonds. The van der Waals surface area contributed by atoms with Gasteiger partial charge in [0.15, 0.2) is 0 Å². The predicted octanol–water partition coefficient (Wildman–Crippen LogP) is 3.47. The first-order chi connectivity index (χ1) is 12.9. The lowest BCUT2D eigenvalue weighted by atomic mass is 10.1. The number of hydrogen-bond acceptors (Lipinski definition) is 3. The van der Waals surface area contributed by atoms with E-state index in [9.17, 15) is 13.2 Å². The first-order valence-electron chi connectivity index (χ1n) is 9.33. The molecule has 2 aromatic rings. The largest absolute Gasteiger partial charge is 0.350 e. The molecule has 0 fully saturated rings. The number of aryl methyl sites for hydroxylation is 1. The molecule has 1 N–H and O–H groups in total. The maximum atomic E-state index is 12.6. The van der Waals surface area contributed by atoms with E-state index in [-0.39, 0.29) is 16.8 Å². The molecule has 0 spiro atoms. The SMILES string of the molecule is CCN(CC)S(=O)(=O)c1cccc(C(=O)N[C@@H](C)CCc2ccccc2)c1. The molecular weight excluding hydrogens is 360 g/mol. The van der Waals surface area contributed by atoms with Crippen LogP contribution in [0, 0.1) is 0 Å². The number of sulfonamides is 1. The van der Waals surface area contributed by atoms with Crippen molar-refractivity contribution < 1.29 is 13.2 Å². The van der Waals surface area contributed by atoms with E-state index in [0.29, 0.717) is 18.7 Å². The summed E-state index contributed by atoms with van der Waals surface area (Å²) in [5, 5.41) is 2.95. The summed E-state index contributed by atoms with van der Waals surface area (Å²) in [5.74, 6) is -0.257. The molecule has 0 saturated carbocycles. The molecule has 27 heavy (non-hydrogen) atoms. The maximum Gasteiger partial charge on any atom is 0.251 e. The fraction of sp³-hybridized carbons (Fsp3) is 0.381. The highest BCUT2D eigenvalue weighted by molar-refractivity contribution is 7.89. The molecule has 146 valence electrons. The van der Waals surface area contributed by atoms with Gasteiger partial charge in [-0.05, 0) is 43.5 Å². The highest BCUT2D eigenvalue weighted by Gasteiger charge is 2.22. The lowest BCUT2D eigenvalue weighted by Gasteiger charge is -2.19. The van der Waals surface area contributed by atoms with Crippen LogP contribution < -0.4 is 5.32 Å². The second-order valence-electron chi connectivity index (χ2n) is 6.52. The van der Waals surface area contributed by atoms with Crippen molar-refractivity contribution in [3.05, 3.63) is 65.7 Å². The Bertz CT molecular complexity index is 847. The zero-order valence-corrected chi connectivity index (χ0v) is 17.0. The molecular formula is C21H28N2O3S. The van der Waals surface area contributed by atoms with Crippen LogP contribution in [-0.4, -0.2) is 37.8 Å². The summed E-state index contributed by atoms with van der Waals surface area (Å²) in [4.78, 5) is 12.7. The Balaban J connectivity index is 2.04. The van der Waals surface area contributed by atoms with Gasteiger partial charge in [-0.3, -0.25) is 4.79 Å². The molecule has 0 aliphatic heterocycles. The smallest absolute Gasteiger partial charge is 0.251 e. The predicted molar refractivity (Wildman–Crippen MR) is 108 cm³/mol. The minimum atomic E-state index is -3.58. The van der Waals surface area contributed by atoms with Gasteiger partial charge >= 0.3 is 0 Å². The Kier molecular flexibility index (Phi) is 7.56. The third-order valence-electron chi connectivity index (χ3n) is 4.53. The molecule has 0 saturated heterocycles. The number of nitrogens with one attached hydrogen (secondary N) is 1. The number of rotatable bonds is 9. The van der Waals surface area contributed by atoms with E-state index < -0.39 is 10.0 Å². The van der Waals surface area contributed by atoms with E-state index in [1.54, 1.807) is 26.0 Å². The Morgan fingerprint density at radius 1 is 1.04 bits per heavy atom.